The van der Waals surface area contributed by atoms with Gasteiger partial charge in [-0.05, 0) is 48.5 Å². The van der Waals surface area contributed by atoms with Gasteiger partial charge in [0.25, 0.3) is 5.91 Å². The molecule has 1 fully saturated rings. The number of nitrogens with zero attached hydrogens (tertiary/aromatic N) is 3. The van der Waals surface area contributed by atoms with Crippen molar-refractivity contribution in [3.63, 3.8) is 0 Å². The largest absolute Gasteiger partial charge is 0.433 e. The summed E-state index contributed by atoms with van der Waals surface area (Å²) in [5.74, 6) is -0.184. The van der Waals surface area contributed by atoms with Crippen molar-refractivity contribution < 1.29 is 27.6 Å². The van der Waals surface area contributed by atoms with Crippen LogP contribution < -0.4 is 4.74 Å². The lowest BCUT2D eigenvalue weighted by Crippen LogP contribution is -2.31. The molecule has 0 radical (unpaired) electrons. The second-order valence-corrected chi connectivity index (χ2v) is 7.53. The van der Waals surface area contributed by atoms with Crippen LogP contribution in [-0.4, -0.2) is 39.4 Å². The van der Waals surface area contributed by atoms with Crippen molar-refractivity contribution in [3.05, 3.63) is 65.0 Å². The minimum atomic E-state index is -3.30. The molecular weight excluding hydrogens is 432 g/mol. The first kappa shape index (κ1) is 20.9. The maximum absolute atomic E-state index is 13.0. The zero-order valence-electron chi connectivity index (χ0n) is 16.2. The molecule has 2 heterocycles. The SMILES string of the molecule is CC(F)(F)Oc1ccc(-c2noc([C@@H]3CC(=O)CN3C(=O)c3ccc(Cl)cc3)n2)cc1. The first-order valence-corrected chi connectivity index (χ1v) is 9.66. The molecule has 0 N–H and O–H groups in total. The molecule has 160 valence electrons. The van der Waals surface area contributed by atoms with E-state index in [-0.39, 0.29) is 42.1 Å². The van der Waals surface area contributed by atoms with Crippen molar-refractivity contribution in [3.8, 4) is 17.1 Å². The van der Waals surface area contributed by atoms with E-state index >= 15 is 0 Å². The summed E-state index contributed by atoms with van der Waals surface area (Å²) in [4.78, 5) is 30.6. The van der Waals surface area contributed by atoms with Gasteiger partial charge in [-0.3, -0.25) is 9.59 Å². The van der Waals surface area contributed by atoms with Gasteiger partial charge >= 0.3 is 6.11 Å². The summed E-state index contributed by atoms with van der Waals surface area (Å²) >= 11 is 5.87. The van der Waals surface area contributed by atoms with Crippen LogP contribution in [0.3, 0.4) is 0 Å². The number of carbonyl (C=O) groups is 2. The number of alkyl halides is 2. The average Bonchev–Trinajstić information content (AvgIpc) is 3.34. The highest BCUT2D eigenvalue weighted by Gasteiger charge is 2.39. The molecule has 0 spiro atoms. The molecule has 31 heavy (non-hydrogen) atoms. The molecule has 1 aromatic heterocycles. The van der Waals surface area contributed by atoms with Crippen molar-refractivity contribution in [2.24, 2.45) is 0 Å². The highest BCUT2D eigenvalue weighted by atomic mass is 35.5. The van der Waals surface area contributed by atoms with Crippen LogP contribution >= 0.6 is 11.6 Å². The van der Waals surface area contributed by atoms with Crippen molar-refractivity contribution in [2.75, 3.05) is 6.54 Å². The Kier molecular flexibility index (Phi) is 5.45. The molecule has 3 aromatic rings. The van der Waals surface area contributed by atoms with E-state index in [2.05, 4.69) is 14.9 Å². The molecule has 1 amide bonds. The summed E-state index contributed by atoms with van der Waals surface area (Å²) in [5, 5.41) is 4.39. The molecule has 10 heteroatoms. The van der Waals surface area contributed by atoms with Crippen molar-refractivity contribution in [1.29, 1.82) is 0 Å². The molecule has 0 unspecified atom stereocenters. The number of halogens is 3. The fourth-order valence-electron chi connectivity index (χ4n) is 3.25. The van der Waals surface area contributed by atoms with Crippen molar-refractivity contribution in [1.82, 2.24) is 15.0 Å². The van der Waals surface area contributed by atoms with Gasteiger partial charge in [-0.1, -0.05) is 16.8 Å². The Balaban J connectivity index is 1.55. The second kappa shape index (κ2) is 8.07. The number of hydrogen-bond acceptors (Lipinski definition) is 6. The zero-order chi connectivity index (χ0) is 22.2. The highest BCUT2D eigenvalue weighted by Crippen LogP contribution is 2.32. The van der Waals surface area contributed by atoms with E-state index in [0.29, 0.717) is 23.1 Å². The van der Waals surface area contributed by atoms with Gasteiger partial charge in [0.05, 0.1) is 6.54 Å². The number of carbonyl (C=O) groups excluding carboxylic acids is 2. The van der Waals surface area contributed by atoms with Gasteiger partial charge in [-0.2, -0.15) is 13.8 Å². The van der Waals surface area contributed by atoms with Gasteiger partial charge in [-0.25, -0.2) is 0 Å². The van der Waals surface area contributed by atoms with E-state index < -0.39 is 12.2 Å². The third kappa shape index (κ3) is 4.72. The van der Waals surface area contributed by atoms with Crippen molar-refractivity contribution >= 4 is 23.3 Å². The third-order valence-electron chi connectivity index (χ3n) is 4.63. The number of aromatic nitrogens is 2. The summed E-state index contributed by atoms with van der Waals surface area (Å²) in [6.07, 6.45) is -3.24. The van der Waals surface area contributed by atoms with Crippen LogP contribution in [0.1, 0.15) is 35.6 Å². The first-order chi connectivity index (χ1) is 14.7. The Morgan fingerprint density at radius 1 is 1.19 bits per heavy atom. The lowest BCUT2D eigenvalue weighted by atomic mass is 10.1. The molecule has 2 aromatic carbocycles. The van der Waals surface area contributed by atoms with Crippen LogP contribution in [0.4, 0.5) is 8.78 Å². The molecule has 0 bridgehead atoms. The van der Waals surface area contributed by atoms with E-state index in [9.17, 15) is 18.4 Å². The summed E-state index contributed by atoms with van der Waals surface area (Å²) in [7, 11) is 0. The number of benzene rings is 2. The summed E-state index contributed by atoms with van der Waals surface area (Å²) in [6.45, 7) is 0.577. The molecule has 7 nitrogen and oxygen atoms in total. The number of amides is 1. The predicted molar refractivity (Wildman–Crippen MR) is 106 cm³/mol. The lowest BCUT2D eigenvalue weighted by Gasteiger charge is -2.20. The fraction of sp³-hybridized carbons (Fsp3) is 0.238. The number of hydrogen-bond donors (Lipinski definition) is 0. The molecular formula is C21H16ClF2N3O4. The first-order valence-electron chi connectivity index (χ1n) is 9.29. The van der Waals surface area contributed by atoms with E-state index in [1.54, 1.807) is 24.3 Å². The quantitative estimate of drug-likeness (QED) is 0.571. The standard InChI is InChI=1S/C21H16ClF2N3O4/c1-21(23,24)30-16-8-4-12(5-9-16)18-25-19(31-26-18)17-10-15(28)11-27(17)20(29)13-2-6-14(22)7-3-13/h2-9,17H,10-11H2,1H3/t17-/m0/s1. The minimum Gasteiger partial charge on any atom is -0.433 e. The Morgan fingerprint density at radius 3 is 2.52 bits per heavy atom. The van der Waals surface area contributed by atoms with Gasteiger partial charge < -0.3 is 14.2 Å². The Morgan fingerprint density at radius 2 is 1.87 bits per heavy atom. The van der Waals surface area contributed by atoms with Crippen LogP contribution in [0.5, 0.6) is 5.75 Å². The van der Waals surface area contributed by atoms with Crippen LogP contribution in [0, 0.1) is 0 Å². The Hall–Kier alpha value is -3.33. The van der Waals surface area contributed by atoms with Crippen LogP contribution in [0.2, 0.25) is 5.02 Å². The second-order valence-electron chi connectivity index (χ2n) is 7.09. The molecule has 0 saturated carbocycles. The molecule has 0 aliphatic carbocycles. The van der Waals surface area contributed by atoms with Gasteiger partial charge in [0, 0.05) is 29.5 Å². The average molecular weight is 448 g/mol. The number of Topliss-reactive ketones (excluding diaryl/α,β-unsaturated/α-hetero) is 1. The predicted octanol–water partition coefficient (Wildman–Crippen LogP) is 4.54. The number of ketones is 1. The number of ether oxygens (including phenoxy) is 1. The van der Waals surface area contributed by atoms with E-state index in [1.165, 1.54) is 29.2 Å². The summed E-state index contributed by atoms with van der Waals surface area (Å²) < 4.78 is 35.7. The number of rotatable bonds is 5. The van der Waals surface area contributed by atoms with Gasteiger partial charge in [-0.15, -0.1) is 0 Å². The van der Waals surface area contributed by atoms with Crippen LogP contribution in [0.15, 0.2) is 53.1 Å². The number of likely N-dealkylation sites (tertiary alicyclic amines) is 1. The van der Waals surface area contributed by atoms with E-state index in [4.69, 9.17) is 16.1 Å². The van der Waals surface area contributed by atoms with E-state index in [0.717, 1.165) is 0 Å². The van der Waals surface area contributed by atoms with E-state index in [1.807, 2.05) is 0 Å². The van der Waals surface area contributed by atoms with Gasteiger partial charge in [0.15, 0.2) is 5.78 Å². The van der Waals surface area contributed by atoms with Crippen LogP contribution in [-0.2, 0) is 4.79 Å². The summed E-state index contributed by atoms with van der Waals surface area (Å²) in [5.41, 5.74) is 0.883. The van der Waals surface area contributed by atoms with Crippen molar-refractivity contribution in [2.45, 2.75) is 25.5 Å². The summed E-state index contributed by atoms with van der Waals surface area (Å²) in [6, 6.07) is 11.4. The van der Waals surface area contributed by atoms with Gasteiger partial charge in [0.2, 0.25) is 11.7 Å². The Bertz CT molecular complexity index is 1110. The minimum absolute atomic E-state index is 0.0129. The Labute approximate surface area is 180 Å². The fourth-order valence-corrected chi connectivity index (χ4v) is 3.38. The molecule has 1 saturated heterocycles. The third-order valence-corrected chi connectivity index (χ3v) is 4.88. The van der Waals surface area contributed by atoms with Gasteiger partial charge in [0.1, 0.15) is 11.8 Å². The maximum Gasteiger partial charge on any atom is 0.394 e. The maximum atomic E-state index is 13.0. The molecule has 4 rings (SSSR count). The lowest BCUT2D eigenvalue weighted by molar-refractivity contribution is -0.158. The smallest absolute Gasteiger partial charge is 0.394 e. The topological polar surface area (TPSA) is 85.5 Å². The highest BCUT2D eigenvalue weighted by molar-refractivity contribution is 6.30. The molecule has 1 aliphatic rings. The molecule has 1 aliphatic heterocycles. The normalized spacial score (nSPS) is 16.6. The van der Waals surface area contributed by atoms with Crippen LogP contribution in [0.25, 0.3) is 11.4 Å². The zero-order valence-corrected chi connectivity index (χ0v) is 17.0. The molecule has 1 atom stereocenters. The monoisotopic (exact) mass is 447 g/mol.